The van der Waals surface area contributed by atoms with Crippen LogP contribution in [0, 0.1) is 5.92 Å². The molecule has 2 amide bonds. The third-order valence-corrected chi connectivity index (χ3v) is 4.80. The van der Waals surface area contributed by atoms with Crippen molar-refractivity contribution < 1.29 is 9.59 Å². The van der Waals surface area contributed by atoms with Gasteiger partial charge in [0.1, 0.15) is 0 Å². The van der Waals surface area contributed by atoms with E-state index in [4.69, 9.17) is 5.73 Å². The molecule has 0 saturated carbocycles. The fraction of sp³-hybridized carbons (Fsp3) is 0.350. The van der Waals surface area contributed by atoms with E-state index in [2.05, 4.69) is 17.2 Å². The highest BCUT2D eigenvalue weighted by molar-refractivity contribution is 6.05. The van der Waals surface area contributed by atoms with Crippen LogP contribution in [0.15, 0.2) is 48.8 Å². The number of aromatic nitrogens is 1. The van der Waals surface area contributed by atoms with Gasteiger partial charge in [-0.25, -0.2) is 0 Å². The second kappa shape index (κ2) is 8.10. The van der Waals surface area contributed by atoms with Gasteiger partial charge in [0.05, 0.1) is 5.56 Å². The number of pyridine rings is 1. The number of amides is 2. The summed E-state index contributed by atoms with van der Waals surface area (Å²) in [5.74, 6) is 0.289. The van der Waals surface area contributed by atoms with Gasteiger partial charge in [-0.2, -0.15) is 0 Å². The van der Waals surface area contributed by atoms with Crippen molar-refractivity contribution in [2.45, 2.75) is 25.8 Å². The maximum atomic E-state index is 12.9. The number of carbonyl (C=O) groups excluding carboxylic acids is 2. The minimum atomic E-state index is -0.255. The zero-order valence-corrected chi connectivity index (χ0v) is 14.9. The molecule has 0 bridgehead atoms. The Hall–Kier alpha value is -2.73. The molecule has 1 aromatic carbocycles. The average Bonchev–Trinajstić information content (AvgIpc) is 2.68. The van der Waals surface area contributed by atoms with E-state index in [0.29, 0.717) is 35.8 Å². The lowest BCUT2D eigenvalue weighted by Crippen LogP contribution is -2.49. The first kappa shape index (κ1) is 18.1. The van der Waals surface area contributed by atoms with Crippen LogP contribution in [-0.4, -0.2) is 40.8 Å². The Balaban J connectivity index is 1.74. The van der Waals surface area contributed by atoms with Crippen molar-refractivity contribution >= 4 is 17.5 Å². The van der Waals surface area contributed by atoms with Crippen LogP contribution in [0.4, 0.5) is 5.69 Å². The lowest BCUT2D eigenvalue weighted by molar-refractivity contribution is 0.0573. The first-order valence-electron chi connectivity index (χ1n) is 8.91. The summed E-state index contributed by atoms with van der Waals surface area (Å²) in [6, 6.07) is 10.5. The summed E-state index contributed by atoms with van der Waals surface area (Å²) in [6.07, 6.45) is 5.04. The van der Waals surface area contributed by atoms with E-state index in [9.17, 15) is 9.59 Å². The van der Waals surface area contributed by atoms with Crippen LogP contribution >= 0.6 is 0 Å². The first-order valence-corrected chi connectivity index (χ1v) is 8.91. The number of benzene rings is 1. The van der Waals surface area contributed by atoms with Gasteiger partial charge < -0.3 is 16.0 Å². The Morgan fingerprint density at radius 2 is 2.08 bits per heavy atom. The molecule has 0 radical (unpaired) electrons. The van der Waals surface area contributed by atoms with Crippen LogP contribution < -0.4 is 11.1 Å². The molecule has 2 atom stereocenters. The van der Waals surface area contributed by atoms with E-state index in [1.165, 1.54) is 6.20 Å². The summed E-state index contributed by atoms with van der Waals surface area (Å²) in [7, 11) is 0. The standard InChI is InChI=1S/C20H24N4O2/c1-14-7-9-24(18(10-14)12-21)20(26)15-4-2-6-17(11-15)23-19(25)16-5-3-8-22-13-16/h2-6,8,11,13-14,18H,7,9-10,12,21H2,1H3,(H,23,25). The molecule has 2 unspecified atom stereocenters. The van der Waals surface area contributed by atoms with Crippen LogP contribution in [0.1, 0.15) is 40.5 Å². The van der Waals surface area contributed by atoms with Gasteiger partial charge in [0.2, 0.25) is 0 Å². The number of anilines is 1. The van der Waals surface area contributed by atoms with Gasteiger partial charge in [-0.05, 0) is 49.1 Å². The van der Waals surface area contributed by atoms with Crippen LogP contribution in [0.25, 0.3) is 0 Å². The van der Waals surface area contributed by atoms with E-state index < -0.39 is 0 Å². The molecule has 3 rings (SSSR count). The second-order valence-corrected chi connectivity index (χ2v) is 6.79. The molecule has 6 nitrogen and oxygen atoms in total. The Morgan fingerprint density at radius 3 is 2.81 bits per heavy atom. The van der Waals surface area contributed by atoms with Crippen LogP contribution in [0.5, 0.6) is 0 Å². The number of hydrogen-bond acceptors (Lipinski definition) is 4. The summed E-state index contributed by atoms with van der Waals surface area (Å²) in [6.45, 7) is 3.38. The summed E-state index contributed by atoms with van der Waals surface area (Å²) >= 11 is 0. The van der Waals surface area contributed by atoms with Crippen molar-refractivity contribution in [3.8, 4) is 0 Å². The van der Waals surface area contributed by atoms with Gasteiger partial charge in [0, 0.05) is 42.8 Å². The zero-order valence-electron chi connectivity index (χ0n) is 14.9. The van der Waals surface area contributed by atoms with Crippen LogP contribution in [0.2, 0.25) is 0 Å². The van der Waals surface area contributed by atoms with Crippen LogP contribution in [-0.2, 0) is 0 Å². The molecule has 0 aliphatic carbocycles. The Morgan fingerprint density at radius 1 is 1.27 bits per heavy atom. The molecule has 2 aromatic rings. The Bertz CT molecular complexity index is 778. The summed E-state index contributed by atoms with van der Waals surface area (Å²) in [5.41, 5.74) is 7.49. The number of likely N-dealkylation sites (tertiary alicyclic amines) is 1. The summed E-state index contributed by atoms with van der Waals surface area (Å²) < 4.78 is 0. The van der Waals surface area contributed by atoms with Crippen molar-refractivity contribution in [2.75, 3.05) is 18.4 Å². The number of rotatable bonds is 4. The highest BCUT2D eigenvalue weighted by atomic mass is 16.2. The molecule has 1 aromatic heterocycles. The third kappa shape index (κ3) is 4.08. The third-order valence-electron chi connectivity index (χ3n) is 4.80. The van der Waals surface area contributed by atoms with Gasteiger partial charge >= 0.3 is 0 Å². The van der Waals surface area contributed by atoms with Crippen molar-refractivity contribution in [1.29, 1.82) is 0 Å². The highest BCUT2D eigenvalue weighted by Gasteiger charge is 2.29. The fourth-order valence-corrected chi connectivity index (χ4v) is 3.34. The maximum absolute atomic E-state index is 12.9. The average molecular weight is 352 g/mol. The van der Waals surface area contributed by atoms with E-state index in [-0.39, 0.29) is 17.9 Å². The van der Waals surface area contributed by atoms with Gasteiger partial charge in [-0.3, -0.25) is 14.6 Å². The summed E-state index contributed by atoms with van der Waals surface area (Å²) in [4.78, 5) is 31.0. The topological polar surface area (TPSA) is 88.3 Å². The first-order chi connectivity index (χ1) is 12.6. The predicted molar refractivity (Wildman–Crippen MR) is 101 cm³/mol. The van der Waals surface area contributed by atoms with Crippen molar-refractivity contribution in [3.05, 3.63) is 59.9 Å². The highest BCUT2D eigenvalue weighted by Crippen LogP contribution is 2.24. The molecule has 0 spiro atoms. The Kier molecular flexibility index (Phi) is 5.63. The smallest absolute Gasteiger partial charge is 0.257 e. The van der Waals surface area contributed by atoms with Crippen molar-refractivity contribution in [2.24, 2.45) is 11.7 Å². The molecule has 6 heteroatoms. The van der Waals surface area contributed by atoms with Gasteiger partial charge in [0.25, 0.3) is 11.8 Å². The molecule has 1 aliphatic rings. The van der Waals surface area contributed by atoms with Crippen LogP contribution in [0.3, 0.4) is 0 Å². The fourth-order valence-electron chi connectivity index (χ4n) is 3.34. The van der Waals surface area contributed by atoms with E-state index >= 15 is 0 Å². The molecule has 136 valence electrons. The molecule has 3 N–H and O–H groups in total. The quantitative estimate of drug-likeness (QED) is 0.885. The second-order valence-electron chi connectivity index (χ2n) is 6.79. The number of carbonyl (C=O) groups is 2. The number of nitrogens with two attached hydrogens (primary N) is 1. The SMILES string of the molecule is CC1CCN(C(=O)c2cccc(NC(=O)c3cccnc3)c2)C(CN)C1. The van der Waals surface area contributed by atoms with Gasteiger partial charge in [-0.1, -0.05) is 13.0 Å². The number of piperidine rings is 1. The minimum absolute atomic E-state index is 0.0372. The van der Waals surface area contributed by atoms with Gasteiger partial charge in [-0.15, -0.1) is 0 Å². The molecule has 2 heterocycles. The monoisotopic (exact) mass is 352 g/mol. The van der Waals surface area contributed by atoms with Crippen molar-refractivity contribution in [1.82, 2.24) is 9.88 Å². The maximum Gasteiger partial charge on any atom is 0.257 e. The van der Waals surface area contributed by atoms with E-state index in [1.54, 1.807) is 42.6 Å². The molecule has 26 heavy (non-hydrogen) atoms. The number of nitrogens with zero attached hydrogens (tertiary/aromatic N) is 2. The van der Waals surface area contributed by atoms with E-state index in [1.807, 2.05) is 4.90 Å². The Labute approximate surface area is 153 Å². The molecular weight excluding hydrogens is 328 g/mol. The largest absolute Gasteiger partial charge is 0.334 e. The lowest BCUT2D eigenvalue weighted by Gasteiger charge is -2.38. The summed E-state index contributed by atoms with van der Waals surface area (Å²) in [5, 5.41) is 2.81. The normalized spacial score (nSPS) is 19.8. The molecular formula is C20H24N4O2. The lowest BCUT2D eigenvalue weighted by atomic mass is 9.92. The minimum Gasteiger partial charge on any atom is -0.334 e. The van der Waals surface area contributed by atoms with E-state index in [0.717, 1.165) is 12.8 Å². The number of hydrogen-bond donors (Lipinski definition) is 2. The van der Waals surface area contributed by atoms with Crippen molar-refractivity contribution in [3.63, 3.8) is 0 Å². The molecule has 1 aliphatic heterocycles. The molecule has 1 fully saturated rings. The zero-order chi connectivity index (χ0) is 18.5. The molecule has 1 saturated heterocycles. The predicted octanol–water partition coefficient (Wildman–Crippen LogP) is 2.53. The van der Waals surface area contributed by atoms with Gasteiger partial charge in [0.15, 0.2) is 0 Å². The number of nitrogens with one attached hydrogen (secondary N) is 1.